The van der Waals surface area contributed by atoms with Gasteiger partial charge in [0.15, 0.2) is 0 Å². The summed E-state index contributed by atoms with van der Waals surface area (Å²) < 4.78 is 7.13. The fourth-order valence-corrected chi connectivity index (χ4v) is 6.48. The van der Waals surface area contributed by atoms with Crippen LogP contribution in [-0.2, 0) is 16.1 Å². The zero-order valence-electron chi connectivity index (χ0n) is 27.3. The highest BCUT2D eigenvalue weighted by Gasteiger charge is 2.48. The molecule has 3 amide bonds. The van der Waals surface area contributed by atoms with Crippen molar-refractivity contribution in [2.24, 2.45) is 23.7 Å². The molecule has 2 aromatic rings. The molecular formula is C34H47N7O4. The Morgan fingerprint density at radius 1 is 1.02 bits per heavy atom. The van der Waals surface area contributed by atoms with Gasteiger partial charge in [0.05, 0.1) is 0 Å². The van der Waals surface area contributed by atoms with Crippen LogP contribution >= 0.6 is 0 Å². The van der Waals surface area contributed by atoms with Gasteiger partial charge in [-0.1, -0.05) is 12.1 Å². The van der Waals surface area contributed by atoms with E-state index in [0.29, 0.717) is 46.9 Å². The molecule has 1 aromatic carbocycles. The van der Waals surface area contributed by atoms with Gasteiger partial charge in [0.2, 0.25) is 5.91 Å². The summed E-state index contributed by atoms with van der Waals surface area (Å²) in [5, 5.41) is 21.7. The van der Waals surface area contributed by atoms with Crippen molar-refractivity contribution in [3.05, 3.63) is 53.5 Å². The maximum Gasteiger partial charge on any atom is 0.411 e. The lowest BCUT2D eigenvalue weighted by Gasteiger charge is -2.36. The third-order valence-corrected chi connectivity index (χ3v) is 8.69. The van der Waals surface area contributed by atoms with Crippen LogP contribution in [0.3, 0.4) is 0 Å². The second-order valence-electron chi connectivity index (χ2n) is 14.0. The Morgan fingerprint density at radius 2 is 1.64 bits per heavy atom. The monoisotopic (exact) mass is 617 g/mol. The number of carbonyl (C=O) groups excluding carboxylic acids is 3. The average molecular weight is 618 g/mol. The Bertz CT molecular complexity index is 1450. The molecule has 11 heteroatoms. The van der Waals surface area contributed by atoms with E-state index in [2.05, 4.69) is 33.0 Å². The summed E-state index contributed by atoms with van der Waals surface area (Å²) in [7, 11) is 2.08. The zero-order valence-corrected chi connectivity index (χ0v) is 27.3. The number of carbonyl (C=O) groups is 3. The Morgan fingerprint density at radius 3 is 2.18 bits per heavy atom. The van der Waals surface area contributed by atoms with E-state index in [0.717, 1.165) is 44.3 Å². The van der Waals surface area contributed by atoms with Crippen LogP contribution in [0, 0.1) is 29.1 Å². The molecule has 3 fully saturated rings. The van der Waals surface area contributed by atoms with Crippen molar-refractivity contribution in [2.75, 3.05) is 25.5 Å². The van der Waals surface area contributed by atoms with Gasteiger partial charge in [-0.15, -0.1) is 0 Å². The summed E-state index contributed by atoms with van der Waals surface area (Å²) in [5.41, 5.74) is 2.49. The van der Waals surface area contributed by atoms with Crippen LogP contribution < -0.4 is 16.0 Å². The number of aromatic nitrogens is 2. The number of amides is 3. The number of hydrogen-bond donors (Lipinski definition) is 4. The minimum Gasteiger partial charge on any atom is -0.444 e. The first-order valence-corrected chi connectivity index (χ1v) is 16.0. The maximum atomic E-state index is 13.9. The number of likely N-dealkylation sites (tertiary alicyclic amines) is 1. The second-order valence-corrected chi connectivity index (χ2v) is 14.0. The van der Waals surface area contributed by atoms with Crippen molar-refractivity contribution < 1.29 is 19.1 Å². The highest BCUT2D eigenvalue weighted by Crippen LogP contribution is 2.51. The molecule has 2 aliphatic carbocycles. The first kappa shape index (κ1) is 32.4. The lowest BCUT2D eigenvalue weighted by molar-refractivity contribution is -0.119. The van der Waals surface area contributed by atoms with E-state index in [9.17, 15) is 14.4 Å². The molecule has 45 heavy (non-hydrogen) atoms. The minimum absolute atomic E-state index is 0.0987. The summed E-state index contributed by atoms with van der Waals surface area (Å²) in [5.74, 6) is 0.934. The molecule has 11 nitrogen and oxygen atoms in total. The van der Waals surface area contributed by atoms with Gasteiger partial charge in [0.1, 0.15) is 17.3 Å². The fraction of sp³-hybridized carbons (Fsp3) is 0.559. The van der Waals surface area contributed by atoms with Gasteiger partial charge in [-0.2, -0.15) is 5.10 Å². The van der Waals surface area contributed by atoms with Gasteiger partial charge >= 0.3 is 6.09 Å². The standard InChI is InChI=1S/C34H47N7O4/c1-20(35)28(21(2)37-33(44)45-34(3,4)5)23-11-13-26(14-12-23)38-32(43)30(29(24-7-8-24)25-9-10-25)39-31(42)27-15-16-36-41(27)19-22-17-40(6)18-22/h11-16,22,24-25,29-30,35H,7-10,17-19H2,1-6H3,(H,37,44)(H,38,43)(H,39,42)/b28-21+,35-20?. The van der Waals surface area contributed by atoms with Crippen molar-refractivity contribution in [3.63, 3.8) is 0 Å². The minimum atomic E-state index is -0.657. The van der Waals surface area contributed by atoms with Crippen LogP contribution in [0.4, 0.5) is 10.5 Å². The molecule has 1 aliphatic heterocycles. The predicted octanol–water partition coefficient (Wildman–Crippen LogP) is 4.91. The molecule has 1 atom stereocenters. The highest BCUT2D eigenvalue weighted by molar-refractivity contribution is 6.22. The molecule has 0 spiro atoms. The molecule has 2 saturated carbocycles. The molecule has 3 aliphatic rings. The number of anilines is 1. The van der Waals surface area contributed by atoms with Crippen LogP contribution in [-0.4, -0.2) is 70.1 Å². The number of rotatable bonds is 12. The zero-order chi connectivity index (χ0) is 32.5. The van der Waals surface area contributed by atoms with Crippen molar-refractivity contribution in [3.8, 4) is 0 Å². The van der Waals surface area contributed by atoms with E-state index in [1.807, 2.05) is 12.1 Å². The molecule has 0 radical (unpaired) electrons. The Balaban J connectivity index is 1.30. The molecule has 1 aromatic heterocycles. The Hall–Kier alpha value is -3.99. The van der Waals surface area contributed by atoms with E-state index < -0.39 is 17.7 Å². The van der Waals surface area contributed by atoms with Crippen molar-refractivity contribution >= 4 is 34.9 Å². The summed E-state index contributed by atoms with van der Waals surface area (Å²) >= 11 is 0. The van der Waals surface area contributed by atoms with Crippen LogP contribution in [0.2, 0.25) is 0 Å². The van der Waals surface area contributed by atoms with E-state index in [-0.39, 0.29) is 23.4 Å². The number of benzene rings is 1. The smallest absolute Gasteiger partial charge is 0.411 e. The summed E-state index contributed by atoms with van der Waals surface area (Å²) in [4.78, 5) is 42.1. The van der Waals surface area contributed by atoms with E-state index in [4.69, 9.17) is 10.1 Å². The van der Waals surface area contributed by atoms with Gasteiger partial charge in [-0.25, -0.2) is 4.79 Å². The Labute approximate surface area is 265 Å². The summed E-state index contributed by atoms with van der Waals surface area (Å²) in [6.45, 7) is 11.4. The van der Waals surface area contributed by atoms with Crippen LogP contribution in [0.1, 0.15) is 76.4 Å². The van der Waals surface area contributed by atoms with Gasteiger partial charge in [0.25, 0.3) is 5.91 Å². The average Bonchev–Trinajstić information content (AvgIpc) is 3.87. The van der Waals surface area contributed by atoms with E-state index in [1.165, 1.54) is 0 Å². The van der Waals surface area contributed by atoms with Crippen molar-refractivity contribution in [1.82, 2.24) is 25.3 Å². The van der Waals surface area contributed by atoms with Gasteiger partial charge in [0, 0.05) is 54.4 Å². The summed E-state index contributed by atoms with van der Waals surface area (Å²) in [6, 6.07) is 8.26. The largest absolute Gasteiger partial charge is 0.444 e. The van der Waals surface area contributed by atoms with E-state index in [1.54, 1.807) is 63.7 Å². The van der Waals surface area contributed by atoms with E-state index >= 15 is 0 Å². The normalized spacial score (nSPS) is 18.5. The fourth-order valence-electron chi connectivity index (χ4n) is 6.48. The van der Waals surface area contributed by atoms with Gasteiger partial charge < -0.3 is 25.7 Å². The number of allylic oxidation sites excluding steroid dienone is 2. The topological polar surface area (TPSA) is 141 Å². The third-order valence-electron chi connectivity index (χ3n) is 8.69. The molecule has 1 saturated heterocycles. The maximum absolute atomic E-state index is 13.9. The number of hydrogen-bond acceptors (Lipinski definition) is 7. The molecule has 2 heterocycles. The number of alkyl carbamates (subject to hydrolysis) is 1. The number of nitrogens with one attached hydrogen (secondary N) is 4. The molecule has 0 bridgehead atoms. The quantitative estimate of drug-likeness (QED) is 0.249. The second kappa shape index (κ2) is 13.2. The SMILES string of the molecule is CC(=N)/C(=C(/C)NC(=O)OC(C)(C)C)c1ccc(NC(=O)C(NC(=O)c2ccnn2CC2CN(C)C2)C(C2CC2)C2CC2)cc1. The Kier molecular flexibility index (Phi) is 9.48. The molecule has 4 N–H and O–H groups in total. The lowest BCUT2D eigenvalue weighted by atomic mass is 9.88. The van der Waals surface area contributed by atoms with Gasteiger partial charge in [-0.05, 0) is 109 Å². The lowest BCUT2D eigenvalue weighted by Crippen LogP contribution is -2.50. The molecular weight excluding hydrogens is 570 g/mol. The van der Waals surface area contributed by atoms with Gasteiger partial charge in [-0.3, -0.25) is 19.6 Å². The number of nitrogens with zero attached hydrogens (tertiary/aromatic N) is 3. The van der Waals surface area contributed by atoms with Crippen LogP contribution in [0.15, 0.2) is 42.2 Å². The van der Waals surface area contributed by atoms with Crippen LogP contribution in [0.25, 0.3) is 5.57 Å². The molecule has 242 valence electrons. The number of ether oxygens (including phenoxy) is 1. The predicted molar refractivity (Wildman–Crippen MR) is 174 cm³/mol. The first-order chi connectivity index (χ1) is 21.3. The van der Waals surface area contributed by atoms with Crippen molar-refractivity contribution in [2.45, 2.75) is 78.5 Å². The van der Waals surface area contributed by atoms with Crippen molar-refractivity contribution in [1.29, 1.82) is 5.41 Å². The third kappa shape index (κ3) is 8.39. The summed E-state index contributed by atoms with van der Waals surface area (Å²) in [6.07, 6.45) is 5.38. The first-order valence-electron chi connectivity index (χ1n) is 16.0. The molecule has 5 rings (SSSR count). The highest BCUT2D eigenvalue weighted by atomic mass is 16.6. The van der Waals surface area contributed by atoms with Crippen LogP contribution in [0.5, 0.6) is 0 Å². The molecule has 1 unspecified atom stereocenters.